The van der Waals surface area contributed by atoms with Crippen molar-refractivity contribution in [3.8, 4) is 0 Å². The van der Waals surface area contributed by atoms with Gasteiger partial charge in [-0.3, -0.25) is 4.79 Å². The molecule has 1 unspecified atom stereocenters. The van der Waals surface area contributed by atoms with Crippen LogP contribution in [0.3, 0.4) is 0 Å². The summed E-state index contributed by atoms with van der Waals surface area (Å²) in [7, 11) is 0. The number of amides is 3. The van der Waals surface area contributed by atoms with Crippen molar-refractivity contribution >= 4 is 23.6 Å². The van der Waals surface area contributed by atoms with E-state index in [1.807, 2.05) is 4.90 Å². The van der Waals surface area contributed by atoms with Gasteiger partial charge in [0.05, 0.1) is 5.71 Å². The predicted octanol–water partition coefficient (Wildman–Crippen LogP) is 1.34. The minimum Gasteiger partial charge on any atom is -0.337 e. The molecule has 1 N–H and O–H groups in total. The number of guanidine groups is 1. The SMILES string of the molecule is O=C1N=C(N2CCN(C(=O)NC3CCCC3)CC2)N=C(C2CC2)C1F. The lowest BCUT2D eigenvalue weighted by Crippen LogP contribution is -2.54. The molecule has 0 spiro atoms. The minimum atomic E-state index is -1.67. The number of halogens is 1. The molecule has 0 aromatic heterocycles. The fraction of sp³-hybridized carbons (Fsp3) is 0.765. The van der Waals surface area contributed by atoms with Crippen LogP contribution >= 0.6 is 0 Å². The van der Waals surface area contributed by atoms with Crippen molar-refractivity contribution < 1.29 is 14.0 Å². The van der Waals surface area contributed by atoms with E-state index in [4.69, 9.17) is 0 Å². The zero-order valence-corrected chi connectivity index (χ0v) is 14.3. The van der Waals surface area contributed by atoms with Crippen LogP contribution < -0.4 is 5.32 Å². The number of urea groups is 1. The molecule has 136 valence electrons. The van der Waals surface area contributed by atoms with Gasteiger partial charge in [-0.15, -0.1) is 0 Å². The number of aliphatic imine (C=N–C) groups is 2. The summed E-state index contributed by atoms with van der Waals surface area (Å²) in [6.07, 6.45) is 4.62. The highest BCUT2D eigenvalue weighted by molar-refractivity contribution is 6.18. The van der Waals surface area contributed by atoms with Gasteiger partial charge in [0.2, 0.25) is 12.1 Å². The van der Waals surface area contributed by atoms with Gasteiger partial charge in [0.1, 0.15) is 0 Å². The highest BCUT2D eigenvalue weighted by Crippen LogP contribution is 2.34. The molecule has 4 rings (SSSR count). The number of nitrogens with one attached hydrogen (secondary N) is 1. The van der Waals surface area contributed by atoms with Crippen LogP contribution in [-0.4, -0.2) is 71.8 Å². The molecule has 2 aliphatic heterocycles. The number of hydrogen-bond donors (Lipinski definition) is 1. The van der Waals surface area contributed by atoms with E-state index in [0.717, 1.165) is 25.7 Å². The molecule has 1 saturated heterocycles. The number of carbonyl (C=O) groups is 2. The third-order valence-corrected chi connectivity index (χ3v) is 5.44. The summed E-state index contributed by atoms with van der Waals surface area (Å²) in [6, 6.07) is 0.289. The van der Waals surface area contributed by atoms with Gasteiger partial charge in [0.15, 0.2) is 0 Å². The summed E-state index contributed by atoms with van der Waals surface area (Å²) in [5, 5.41) is 3.09. The molecule has 7 nitrogen and oxygen atoms in total. The van der Waals surface area contributed by atoms with Crippen molar-refractivity contribution in [1.29, 1.82) is 0 Å². The average molecular weight is 349 g/mol. The van der Waals surface area contributed by atoms with Crippen LogP contribution in [0.4, 0.5) is 9.18 Å². The van der Waals surface area contributed by atoms with Crippen molar-refractivity contribution in [3.63, 3.8) is 0 Å². The molecule has 2 heterocycles. The van der Waals surface area contributed by atoms with Crippen LogP contribution in [0, 0.1) is 5.92 Å². The fourth-order valence-corrected chi connectivity index (χ4v) is 3.74. The van der Waals surface area contributed by atoms with Crippen molar-refractivity contribution in [1.82, 2.24) is 15.1 Å². The molecule has 3 amide bonds. The van der Waals surface area contributed by atoms with E-state index in [9.17, 15) is 14.0 Å². The lowest BCUT2D eigenvalue weighted by atomic mass is 10.1. The number of nitrogens with zero attached hydrogens (tertiary/aromatic N) is 4. The first-order valence-electron chi connectivity index (χ1n) is 9.27. The molecule has 8 heteroatoms. The Morgan fingerprint density at radius 3 is 2.36 bits per heavy atom. The van der Waals surface area contributed by atoms with E-state index < -0.39 is 12.1 Å². The highest BCUT2D eigenvalue weighted by Gasteiger charge is 2.40. The van der Waals surface area contributed by atoms with Gasteiger partial charge < -0.3 is 15.1 Å². The number of carbonyl (C=O) groups excluding carboxylic acids is 2. The van der Waals surface area contributed by atoms with Gasteiger partial charge in [0, 0.05) is 38.1 Å². The monoisotopic (exact) mass is 349 g/mol. The van der Waals surface area contributed by atoms with Crippen molar-refractivity contribution in [2.45, 2.75) is 50.7 Å². The third-order valence-electron chi connectivity index (χ3n) is 5.44. The number of hydrogen-bond acceptors (Lipinski definition) is 4. The summed E-state index contributed by atoms with van der Waals surface area (Å²) in [5.74, 6) is -0.326. The van der Waals surface area contributed by atoms with Gasteiger partial charge >= 0.3 is 6.03 Å². The molecule has 3 fully saturated rings. The average Bonchev–Trinajstić information content (AvgIpc) is 3.34. The molecular weight excluding hydrogens is 325 g/mol. The molecule has 25 heavy (non-hydrogen) atoms. The van der Waals surface area contributed by atoms with Crippen LogP contribution in [0.2, 0.25) is 0 Å². The summed E-state index contributed by atoms with van der Waals surface area (Å²) in [6.45, 7) is 2.23. The van der Waals surface area contributed by atoms with E-state index in [-0.39, 0.29) is 11.9 Å². The molecule has 0 radical (unpaired) electrons. The first-order chi connectivity index (χ1) is 12.1. The van der Waals surface area contributed by atoms with E-state index in [2.05, 4.69) is 15.3 Å². The third kappa shape index (κ3) is 3.52. The summed E-state index contributed by atoms with van der Waals surface area (Å²) < 4.78 is 14.0. The number of piperazine rings is 1. The second kappa shape index (κ2) is 6.72. The first-order valence-corrected chi connectivity index (χ1v) is 9.27. The Bertz CT molecular complexity index is 617. The van der Waals surface area contributed by atoms with E-state index in [1.54, 1.807) is 4.90 Å². The van der Waals surface area contributed by atoms with Gasteiger partial charge in [0.25, 0.3) is 5.91 Å². The number of rotatable bonds is 2. The summed E-state index contributed by atoms with van der Waals surface area (Å²) >= 11 is 0. The molecule has 0 aromatic carbocycles. The Labute approximate surface area is 146 Å². The quantitative estimate of drug-likeness (QED) is 0.817. The number of alkyl halides is 1. The largest absolute Gasteiger partial charge is 0.337 e. The van der Waals surface area contributed by atoms with E-state index in [0.29, 0.717) is 43.9 Å². The molecule has 0 bridgehead atoms. The summed E-state index contributed by atoms with van der Waals surface area (Å²) in [4.78, 5) is 36.0. The lowest BCUT2D eigenvalue weighted by molar-refractivity contribution is -0.120. The molecule has 0 aromatic rings. The fourth-order valence-electron chi connectivity index (χ4n) is 3.74. The van der Waals surface area contributed by atoms with Gasteiger partial charge in [-0.05, 0) is 25.7 Å². The maximum Gasteiger partial charge on any atom is 0.317 e. The van der Waals surface area contributed by atoms with E-state index in [1.165, 1.54) is 12.8 Å². The van der Waals surface area contributed by atoms with Crippen LogP contribution in [0.15, 0.2) is 9.98 Å². The van der Waals surface area contributed by atoms with Crippen LogP contribution in [-0.2, 0) is 4.79 Å². The molecule has 4 aliphatic rings. The topological polar surface area (TPSA) is 77.4 Å². The Morgan fingerprint density at radius 2 is 1.72 bits per heavy atom. The standard InChI is InChI=1S/C17H24FN5O2/c18-13-14(11-5-6-11)20-16(21-15(13)24)22-7-9-23(10-8-22)17(25)19-12-3-1-2-4-12/h11-13H,1-10H2,(H,19,25). The van der Waals surface area contributed by atoms with Crippen LogP contribution in [0.1, 0.15) is 38.5 Å². The highest BCUT2D eigenvalue weighted by atomic mass is 19.1. The van der Waals surface area contributed by atoms with Crippen molar-refractivity contribution in [3.05, 3.63) is 0 Å². The Kier molecular flexibility index (Phi) is 4.43. The second-order valence-corrected chi connectivity index (χ2v) is 7.33. The lowest BCUT2D eigenvalue weighted by Gasteiger charge is -2.36. The predicted molar refractivity (Wildman–Crippen MR) is 91.4 cm³/mol. The van der Waals surface area contributed by atoms with Crippen molar-refractivity contribution in [2.24, 2.45) is 15.9 Å². The Hall–Kier alpha value is -1.99. The van der Waals surface area contributed by atoms with Gasteiger partial charge in [-0.25, -0.2) is 14.2 Å². The summed E-state index contributed by atoms with van der Waals surface area (Å²) in [5.41, 5.74) is 0.344. The van der Waals surface area contributed by atoms with Gasteiger partial charge in [-0.2, -0.15) is 4.99 Å². The maximum absolute atomic E-state index is 14.0. The van der Waals surface area contributed by atoms with Gasteiger partial charge in [-0.1, -0.05) is 12.8 Å². The Morgan fingerprint density at radius 1 is 1.04 bits per heavy atom. The minimum absolute atomic E-state index is 0.0146. The van der Waals surface area contributed by atoms with E-state index >= 15 is 0 Å². The zero-order chi connectivity index (χ0) is 17.4. The normalized spacial score (nSPS) is 28.0. The van der Waals surface area contributed by atoms with Crippen molar-refractivity contribution in [2.75, 3.05) is 26.2 Å². The molecule has 2 aliphatic carbocycles. The molecule has 2 saturated carbocycles. The zero-order valence-electron chi connectivity index (χ0n) is 14.3. The first kappa shape index (κ1) is 16.5. The molecule has 1 atom stereocenters. The molecular formula is C17H24FN5O2. The maximum atomic E-state index is 14.0. The Balaban J connectivity index is 1.34. The van der Waals surface area contributed by atoms with Crippen LogP contribution in [0.25, 0.3) is 0 Å². The second-order valence-electron chi connectivity index (χ2n) is 7.33. The smallest absolute Gasteiger partial charge is 0.317 e. The van der Waals surface area contributed by atoms with Crippen LogP contribution in [0.5, 0.6) is 0 Å².